The Hall–Kier alpha value is -3.79. The van der Waals surface area contributed by atoms with Crippen LogP contribution in [-0.2, 0) is 0 Å². The van der Waals surface area contributed by atoms with E-state index < -0.39 is 0 Å². The molecule has 1 aromatic heterocycles. The molecule has 0 radical (unpaired) electrons. The summed E-state index contributed by atoms with van der Waals surface area (Å²) in [6.45, 7) is 3.09. The van der Waals surface area contributed by atoms with Gasteiger partial charge in [0.25, 0.3) is 5.56 Å². The largest absolute Gasteiger partial charge is 0.481 e. The molecule has 0 saturated heterocycles. The molecule has 0 aliphatic carbocycles. The zero-order valence-electron chi connectivity index (χ0n) is 16.5. The summed E-state index contributed by atoms with van der Waals surface area (Å²) in [5.74, 6) is 6.94. The van der Waals surface area contributed by atoms with Crippen molar-refractivity contribution < 1.29 is 9.13 Å². The smallest absolute Gasteiger partial charge is 0.276 e. The third-order valence-corrected chi connectivity index (χ3v) is 4.75. The number of benzene rings is 2. The molecule has 4 rings (SSSR count). The number of anilines is 2. The summed E-state index contributed by atoms with van der Waals surface area (Å²) in [7, 11) is 0. The molecule has 1 aliphatic rings. The second-order valence-corrected chi connectivity index (χ2v) is 6.84. The van der Waals surface area contributed by atoms with Gasteiger partial charge in [-0.3, -0.25) is 4.79 Å². The Morgan fingerprint density at radius 2 is 1.93 bits per heavy atom. The number of ether oxygens (including phenoxy) is 1. The molecular formula is C23H21FN4O2. The number of H-pyrrole nitrogens is 1. The van der Waals surface area contributed by atoms with E-state index >= 15 is 0 Å². The standard InChI is InChI=1S/C23H21FN4O2/c1-2-13-28-21(27-20-22(28)25-15-26-23(20)29)17-7-11-19(12-8-17)30-14-3-4-16-5-9-18(24)10-6-16/h5-12,15,21,27H,2,13-14H2,1H3,(H,25,26,29). The Balaban J connectivity index is 1.43. The molecule has 0 spiro atoms. The van der Waals surface area contributed by atoms with Gasteiger partial charge in [-0.05, 0) is 48.4 Å². The first kappa shape index (κ1) is 19.5. The first-order chi connectivity index (χ1) is 14.7. The molecule has 152 valence electrons. The summed E-state index contributed by atoms with van der Waals surface area (Å²) < 4.78 is 18.6. The number of hydrogen-bond donors (Lipinski definition) is 2. The van der Waals surface area contributed by atoms with Crippen molar-refractivity contribution >= 4 is 11.5 Å². The van der Waals surface area contributed by atoms with Crippen molar-refractivity contribution in [2.45, 2.75) is 19.5 Å². The molecule has 2 aromatic carbocycles. The average molecular weight is 404 g/mol. The van der Waals surface area contributed by atoms with Gasteiger partial charge >= 0.3 is 0 Å². The molecule has 6 nitrogen and oxygen atoms in total. The Kier molecular flexibility index (Phi) is 5.66. The fourth-order valence-electron chi connectivity index (χ4n) is 3.35. The predicted molar refractivity (Wildman–Crippen MR) is 114 cm³/mol. The lowest BCUT2D eigenvalue weighted by Gasteiger charge is -2.26. The van der Waals surface area contributed by atoms with Crippen LogP contribution in [-0.4, -0.2) is 23.1 Å². The summed E-state index contributed by atoms with van der Waals surface area (Å²) in [5.41, 5.74) is 2.06. The molecule has 7 heteroatoms. The highest BCUT2D eigenvalue weighted by atomic mass is 19.1. The number of halogens is 1. The maximum atomic E-state index is 12.9. The molecule has 1 aliphatic heterocycles. The Bertz CT molecular complexity index is 1130. The third-order valence-electron chi connectivity index (χ3n) is 4.75. The minimum atomic E-state index is -0.283. The molecule has 1 unspecified atom stereocenters. The van der Waals surface area contributed by atoms with E-state index in [0.717, 1.165) is 24.1 Å². The second kappa shape index (κ2) is 8.70. The van der Waals surface area contributed by atoms with E-state index in [4.69, 9.17) is 4.74 Å². The first-order valence-corrected chi connectivity index (χ1v) is 9.74. The number of fused-ring (bicyclic) bond motifs is 1. The molecule has 0 bridgehead atoms. The quantitative estimate of drug-likeness (QED) is 0.635. The van der Waals surface area contributed by atoms with Crippen LogP contribution < -0.4 is 20.5 Å². The van der Waals surface area contributed by atoms with Crippen LogP contribution in [0.4, 0.5) is 15.9 Å². The van der Waals surface area contributed by atoms with Crippen molar-refractivity contribution in [2.24, 2.45) is 0 Å². The minimum Gasteiger partial charge on any atom is -0.481 e. The highest BCUT2D eigenvalue weighted by Crippen LogP contribution is 2.37. The van der Waals surface area contributed by atoms with Crippen LogP contribution in [0.5, 0.6) is 5.75 Å². The average Bonchev–Trinajstić information content (AvgIpc) is 3.13. The Labute approximate surface area is 173 Å². The minimum absolute atomic E-state index is 0.164. The van der Waals surface area contributed by atoms with Crippen LogP contribution >= 0.6 is 0 Å². The lowest BCUT2D eigenvalue weighted by Crippen LogP contribution is -2.29. The van der Waals surface area contributed by atoms with E-state index in [1.165, 1.54) is 18.5 Å². The number of nitrogens with one attached hydrogen (secondary N) is 2. The van der Waals surface area contributed by atoms with Crippen molar-refractivity contribution in [1.82, 2.24) is 9.97 Å². The van der Waals surface area contributed by atoms with Crippen molar-refractivity contribution in [3.63, 3.8) is 0 Å². The molecule has 30 heavy (non-hydrogen) atoms. The fourth-order valence-corrected chi connectivity index (χ4v) is 3.35. The van der Waals surface area contributed by atoms with Crippen LogP contribution in [0.2, 0.25) is 0 Å². The SMILES string of the molecule is CCCN1c2nc[nH]c(=O)c2NC1c1ccc(OCC#Cc2ccc(F)cc2)cc1. The number of aromatic amines is 1. The first-order valence-electron chi connectivity index (χ1n) is 9.74. The highest BCUT2D eigenvalue weighted by molar-refractivity contribution is 5.71. The number of hydrogen-bond acceptors (Lipinski definition) is 5. The van der Waals surface area contributed by atoms with E-state index in [1.807, 2.05) is 24.3 Å². The molecular weight excluding hydrogens is 383 g/mol. The monoisotopic (exact) mass is 404 g/mol. The van der Waals surface area contributed by atoms with E-state index in [9.17, 15) is 9.18 Å². The Morgan fingerprint density at radius 3 is 2.67 bits per heavy atom. The van der Waals surface area contributed by atoms with Crippen LogP contribution in [0.25, 0.3) is 0 Å². The molecule has 2 heterocycles. The summed E-state index contributed by atoms with van der Waals surface area (Å²) >= 11 is 0. The van der Waals surface area contributed by atoms with Gasteiger partial charge < -0.3 is 19.9 Å². The van der Waals surface area contributed by atoms with Gasteiger partial charge in [0.2, 0.25) is 0 Å². The molecule has 0 amide bonds. The molecule has 0 saturated carbocycles. The van der Waals surface area contributed by atoms with E-state index in [0.29, 0.717) is 17.3 Å². The van der Waals surface area contributed by atoms with E-state index in [1.54, 1.807) is 12.1 Å². The van der Waals surface area contributed by atoms with Gasteiger partial charge in [0.1, 0.15) is 30.0 Å². The van der Waals surface area contributed by atoms with Crippen molar-refractivity contribution in [2.75, 3.05) is 23.4 Å². The molecule has 0 fully saturated rings. The number of rotatable bonds is 5. The van der Waals surface area contributed by atoms with Crippen molar-refractivity contribution in [3.8, 4) is 17.6 Å². The van der Waals surface area contributed by atoms with E-state index in [2.05, 4.69) is 38.9 Å². The summed E-state index contributed by atoms with van der Waals surface area (Å²) in [5, 5.41) is 3.28. The Morgan fingerprint density at radius 1 is 1.17 bits per heavy atom. The van der Waals surface area contributed by atoms with Gasteiger partial charge in [0.15, 0.2) is 5.82 Å². The van der Waals surface area contributed by atoms with E-state index in [-0.39, 0.29) is 24.1 Å². The van der Waals surface area contributed by atoms with Gasteiger partial charge in [-0.2, -0.15) is 0 Å². The highest BCUT2D eigenvalue weighted by Gasteiger charge is 2.32. The van der Waals surface area contributed by atoms with Gasteiger partial charge in [-0.1, -0.05) is 30.9 Å². The van der Waals surface area contributed by atoms with Crippen molar-refractivity contribution in [1.29, 1.82) is 0 Å². The summed E-state index contributed by atoms with van der Waals surface area (Å²) in [4.78, 5) is 21.2. The van der Waals surface area contributed by atoms with Gasteiger partial charge in [0.05, 0.1) is 6.33 Å². The van der Waals surface area contributed by atoms with Gasteiger partial charge in [0, 0.05) is 12.1 Å². The lowest BCUT2D eigenvalue weighted by atomic mass is 10.1. The van der Waals surface area contributed by atoms with Gasteiger partial charge in [-0.15, -0.1) is 0 Å². The number of nitrogens with zero attached hydrogens (tertiary/aromatic N) is 2. The topological polar surface area (TPSA) is 70.2 Å². The fraction of sp³-hybridized carbons (Fsp3) is 0.217. The van der Waals surface area contributed by atoms with Crippen LogP contribution in [0, 0.1) is 17.7 Å². The summed E-state index contributed by atoms with van der Waals surface area (Å²) in [6, 6.07) is 13.7. The zero-order chi connectivity index (χ0) is 20.9. The maximum absolute atomic E-state index is 12.9. The zero-order valence-corrected chi connectivity index (χ0v) is 16.5. The molecule has 3 aromatic rings. The molecule has 2 N–H and O–H groups in total. The van der Waals surface area contributed by atoms with Crippen molar-refractivity contribution in [3.05, 3.63) is 82.2 Å². The van der Waals surface area contributed by atoms with Crippen LogP contribution in [0.3, 0.4) is 0 Å². The predicted octanol–water partition coefficient (Wildman–Crippen LogP) is 3.68. The number of aromatic nitrogens is 2. The summed E-state index contributed by atoms with van der Waals surface area (Å²) in [6.07, 6.45) is 2.20. The van der Waals surface area contributed by atoms with Crippen LogP contribution in [0.15, 0.2) is 59.7 Å². The van der Waals surface area contributed by atoms with Gasteiger partial charge in [-0.25, -0.2) is 9.37 Å². The normalized spacial score (nSPS) is 14.5. The lowest BCUT2D eigenvalue weighted by molar-refractivity contribution is 0.370. The maximum Gasteiger partial charge on any atom is 0.276 e. The molecule has 1 atom stereocenters. The third kappa shape index (κ3) is 4.13. The van der Waals surface area contributed by atoms with Crippen LogP contribution in [0.1, 0.15) is 30.6 Å². The second-order valence-electron chi connectivity index (χ2n) is 6.84.